The molecule has 0 bridgehead atoms. The van der Waals surface area contributed by atoms with Crippen molar-refractivity contribution in [2.75, 3.05) is 13.1 Å². The molecule has 1 unspecified atom stereocenters. The molecule has 1 fully saturated rings. The van der Waals surface area contributed by atoms with Crippen molar-refractivity contribution in [2.45, 2.75) is 19.1 Å². The van der Waals surface area contributed by atoms with Gasteiger partial charge in [-0.3, -0.25) is 10.9 Å². The first-order chi connectivity index (χ1) is 7.18. The summed E-state index contributed by atoms with van der Waals surface area (Å²) in [5, 5.41) is 13.4. The molecule has 84 valence electrons. The molecule has 6 nitrogen and oxygen atoms in total. The zero-order chi connectivity index (χ0) is 10.8. The van der Waals surface area contributed by atoms with E-state index in [1.54, 1.807) is 6.08 Å². The lowest BCUT2D eigenvalue weighted by atomic mass is 9.92. The normalized spacial score (nSPS) is 28.7. The minimum Gasteiger partial charge on any atom is -0.383 e. The fourth-order valence-corrected chi connectivity index (χ4v) is 1.96. The molecule has 15 heavy (non-hydrogen) atoms. The van der Waals surface area contributed by atoms with Crippen molar-refractivity contribution in [1.29, 1.82) is 0 Å². The summed E-state index contributed by atoms with van der Waals surface area (Å²) in [6.45, 7) is 1.99. The maximum atomic E-state index is 9.36. The number of allylic oxidation sites excluding steroid dienone is 1. The molecule has 0 saturated carbocycles. The van der Waals surface area contributed by atoms with Crippen LogP contribution in [0.3, 0.4) is 0 Å². The standard InChI is InChI=1S/C9H17N5O/c10-8-5-7(13-9(11)14(8)15)6-1-3-12-4-2-6/h5-6,9,12,15H,1-4,10-11H2. The predicted molar refractivity (Wildman–Crippen MR) is 56.9 cm³/mol. The smallest absolute Gasteiger partial charge is 0.198 e. The van der Waals surface area contributed by atoms with Gasteiger partial charge in [0.2, 0.25) is 0 Å². The monoisotopic (exact) mass is 211 g/mol. The van der Waals surface area contributed by atoms with Crippen molar-refractivity contribution in [3.8, 4) is 0 Å². The second-order valence-electron chi connectivity index (χ2n) is 3.91. The molecule has 0 aromatic heterocycles. The second-order valence-corrected chi connectivity index (χ2v) is 3.91. The van der Waals surface area contributed by atoms with Gasteiger partial charge in [-0.2, -0.15) is 0 Å². The van der Waals surface area contributed by atoms with Crippen molar-refractivity contribution < 1.29 is 5.21 Å². The Morgan fingerprint density at radius 3 is 2.73 bits per heavy atom. The third-order valence-corrected chi connectivity index (χ3v) is 2.85. The molecule has 1 atom stereocenters. The van der Waals surface area contributed by atoms with Crippen LogP contribution in [0.25, 0.3) is 0 Å². The van der Waals surface area contributed by atoms with E-state index in [0.29, 0.717) is 5.92 Å². The predicted octanol–water partition coefficient (Wildman–Crippen LogP) is -0.826. The van der Waals surface area contributed by atoms with Crippen LogP contribution in [0.5, 0.6) is 0 Å². The molecule has 6 heteroatoms. The van der Waals surface area contributed by atoms with Crippen LogP contribution in [0.2, 0.25) is 0 Å². The molecule has 0 spiro atoms. The Morgan fingerprint density at radius 2 is 2.13 bits per heavy atom. The minimum absolute atomic E-state index is 0.269. The first-order valence-corrected chi connectivity index (χ1v) is 5.18. The van der Waals surface area contributed by atoms with Gasteiger partial charge in [0.05, 0.1) is 0 Å². The number of nitrogens with zero attached hydrogens (tertiary/aromatic N) is 2. The quantitative estimate of drug-likeness (QED) is 0.454. The molecule has 2 aliphatic rings. The molecule has 0 aromatic carbocycles. The first-order valence-electron chi connectivity index (χ1n) is 5.18. The van der Waals surface area contributed by atoms with E-state index < -0.39 is 6.29 Å². The Labute approximate surface area is 88.6 Å². The summed E-state index contributed by atoms with van der Waals surface area (Å²) in [6.07, 6.45) is 3.03. The number of hydroxylamine groups is 2. The summed E-state index contributed by atoms with van der Waals surface area (Å²) >= 11 is 0. The lowest BCUT2D eigenvalue weighted by Crippen LogP contribution is -2.45. The summed E-state index contributed by atoms with van der Waals surface area (Å²) in [5.74, 6) is 0.676. The van der Waals surface area contributed by atoms with Gasteiger partial charge in [0.25, 0.3) is 0 Å². The fraction of sp³-hybridized carbons (Fsp3) is 0.667. The highest BCUT2D eigenvalue weighted by atomic mass is 16.5. The average molecular weight is 211 g/mol. The van der Waals surface area contributed by atoms with Crippen molar-refractivity contribution in [2.24, 2.45) is 22.4 Å². The molecule has 0 radical (unpaired) electrons. The highest BCUT2D eigenvalue weighted by Crippen LogP contribution is 2.19. The Balaban J connectivity index is 2.12. The van der Waals surface area contributed by atoms with Gasteiger partial charge in [-0.25, -0.2) is 10.1 Å². The van der Waals surface area contributed by atoms with Crippen LogP contribution in [-0.4, -0.2) is 35.4 Å². The van der Waals surface area contributed by atoms with Crippen LogP contribution >= 0.6 is 0 Å². The van der Waals surface area contributed by atoms with Crippen molar-refractivity contribution in [1.82, 2.24) is 10.4 Å². The molecule has 0 aliphatic carbocycles. The van der Waals surface area contributed by atoms with E-state index in [0.717, 1.165) is 36.7 Å². The molecular weight excluding hydrogens is 194 g/mol. The van der Waals surface area contributed by atoms with Crippen LogP contribution in [0.1, 0.15) is 12.8 Å². The molecule has 2 aliphatic heterocycles. The lowest BCUT2D eigenvalue weighted by Gasteiger charge is -2.30. The zero-order valence-electron chi connectivity index (χ0n) is 8.56. The Morgan fingerprint density at radius 1 is 1.47 bits per heavy atom. The van der Waals surface area contributed by atoms with Gasteiger partial charge in [-0.05, 0) is 25.9 Å². The lowest BCUT2D eigenvalue weighted by molar-refractivity contribution is -0.0913. The minimum atomic E-state index is -0.764. The number of nitrogens with one attached hydrogen (secondary N) is 1. The molecular formula is C9H17N5O. The Hall–Kier alpha value is -1.11. The third kappa shape index (κ3) is 2.11. The van der Waals surface area contributed by atoms with Crippen LogP contribution < -0.4 is 16.8 Å². The summed E-state index contributed by atoms with van der Waals surface area (Å²) in [7, 11) is 0. The number of hydrogen-bond donors (Lipinski definition) is 4. The van der Waals surface area contributed by atoms with Gasteiger partial charge in [0, 0.05) is 17.7 Å². The molecule has 0 amide bonds. The van der Waals surface area contributed by atoms with Crippen LogP contribution in [0.4, 0.5) is 0 Å². The zero-order valence-corrected chi connectivity index (χ0v) is 8.56. The molecule has 0 aromatic rings. The fourth-order valence-electron chi connectivity index (χ4n) is 1.96. The highest BCUT2D eigenvalue weighted by Gasteiger charge is 2.24. The number of nitrogens with two attached hydrogens (primary N) is 2. The van der Waals surface area contributed by atoms with E-state index in [1.165, 1.54) is 0 Å². The number of piperidine rings is 1. The van der Waals surface area contributed by atoms with E-state index in [-0.39, 0.29) is 5.82 Å². The van der Waals surface area contributed by atoms with Gasteiger partial charge < -0.3 is 11.1 Å². The van der Waals surface area contributed by atoms with Crippen molar-refractivity contribution in [3.05, 3.63) is 11.9 Å². The van der Waals surface area contributed by atoms with E-state index in [2.05, 4.69) is 10.3 Å². The second kappa shape index (κ2) is 4.18. The highest BCUT2D eigenvalue weighted by molar-refractivity contribution is 5.97. The van der Waals surface area contributed by atoms with E-state index in [9.17, 15) is 5.21 Å². The van der Waals surface area contributed by atoms with Crippen LogP contribution in [0, 0.1) is 5.92 Å². The van der Waals surface area contributed by atoms with E-state index >= 15 is 0 Å². The summed E-state index contributed by atoms with van der Waals surface area (Å²) < 4.78 is 0. The maximum absolute atomic E-state index is 9.36. The molecule has 2 rings (SSSR count). The van der Waals surface area contributed by atoms with Gasteiger partial charge >= 0.3 is 0 Å². The van der Waals surface area contributed by atoms with Gasteiger partial charge in [0.1, 0.15) is 5.82 Å². The topological polar surface area (TPSA) is 99.9 Å². The summed E-state index contributed by atoms with van der Waals surface area (Å²) in [5.41, 5.74) is 12.2. The van der Waals surface area contributed by atoms with E-state index in [1.807, 2.05) is 0 Å². The van der Waals surface area contributed by atoms with E-state index in [4.69, 9.17) is 11.5 Å². The summed E-state index contributed by atoms with van der Waals surface area (Å²) in [6, 6.07) is 0. The third-order valence-electron chi connectivity index (χ3n) is 2.85. The average Bonchev–Trinajstić information content (AvgIpc) is 2.26. The molecule has 6 N–H and O–H groups in total. The van der Waals surface area contributed by atoms with Crippen molar-refractivity contribution >= 4 is 5.71 Å². The van der Waals surface area contributed by atoms with Crippen LogP contribution in [-0.2, 0) is 0 Å². The SMILES string of the molecule is NC1=CC(C2CCNCC2)=NC(N)N1O. The number of hydrogen-bond acceptors (Lipinski definition) is 6. The van der Waals surface area contributed by atoms with Crippen LogP contribution in [0.15, 0.2) is 16.9 Å². The number of rotatable bonds is 1. The molecule has 2 heterocycles. The van der Waals surface area contributed by atoms with Crippen molar-refractivity contribution in [3.63, 3.8) is 0 Å². The molecule has 1 saturated heterocycles. The van der Waals surface area contributed by atoms with Gasteiger partial charge in [-0.15, -0.1) is 0 Å². The first kappa shape index (κ1) is 10.4. The Bertz CT molecular complexity index is 295. The largest absolute Gasteiger partial charge is 0.383 e. The van der Waals surface area contributed by atoms with Gasteiger partial charge in [0.15, 0.2) is 6.29 Å². The summed E-state index contributed by atoms with van der Waals surface area (Å²) in [4.78, 5) is 4.22. The Kier molecular flexibility index (Phi) is 2.90. The maximum Gasteiger partial charge on any atom is 0.198 e. The van der Waals surface area contributed by atoms with Gasteiger partial charge in [-0.1, -0.05) is 0 Å². The number of aliphatic imine (C=N–C) groups is 1.